The number of hydrogen-bond donors (Lipinski definition) is 1. The van der Waals surface area contributed by atoms with Crippen molar-refractivity contribution >= 4 is 23.4 Å². The minimum Gasteiger partial charge on any atom is -0.383 e. The summed E-state index contributed by atoms with van der Waals surface area (Å²) in [6, 6.07) is 6.30. The molecule has 1 aromatic carbocycles. The lowest BCUT2D eigenvalue weighted by atomic mass is 10.2. The minimum absolute atomic E-state index is 0.312. The molecule has 2 atom stereocenters. The molecule has 1 N–H and O–H groups in total. The average Bonchev–Trinajstić information content (AvgIpc) is 2.83. The molecule has 1 aliphatic heterocycles. The predicted octanol–water partition coefficient (Wildman–Crippen LogP) is 3.35. The first-order valence-corrected chi connectivity index (χ1v) is 8.23. The summed E-state index contributed by atoms with van der Waals surface area (Å²) in [5, 5.41) is 4.66. The highest BCUT2D eigenvalue weighted by molar-refractivity contribution is 8.00. The maximum absolute atomic E-state index is 6.38. The molecule has 1 aromatic rings. The summed E-state index contributed by atoms with van der Waals surface area (Å²) in [6.45, 7) is 5.38. The molecule has 0 radical (unpaired) electrons. The van der Waals surface area contributed by atoms with Crippen molar-refractivity contribution in [3.05, 3.63) is 28.8 Å². The van der Waals surface area contributed by atoms with E-state index in [2.05, 4.69) is 24.4 Å². The number of hydrogen-bond acceptors (Lipinski definition) is 4. The first kappa shape index (κ1) is 16.1. The molecule has 1 saturated heterocycles. The summed E-state index contributed by atoms with van der Waals surface area (Å²) in [5.41, 5.74) is 1.20. The van der Waals surface area contributed by atoms with Crippen LogP contribution in [-0.4, -0.2) is 38.2 Å². The van der Waals surface area contributed by atoms with Gasteiger partial charge in [-0.1, -0.05) is 17.7 Å². The highest BCUT2D eigenvalue weighted by Gasteiger charge is 2.25. The van der Waals surface area contributed by atoms with Crippen LogP contribution in [0.4, 0.5) is 0 Å². The van der Waals surface area contributed by atoms with Gasteiger partial charge in [-0.05, 0) is 31.0 Å². The second-order valence-corrected chi connectivity index (χ2v) is 6.64. The lowest BCUT2D eigenvalue weighted by Crippen LogP contribution is -2.18. The van der Waals surface area contributed by atoms with Crippen molar-refractivity contribution in [2.75, 3.05) is 26.9 Å². The number of benzene rings is 1. The Hall–Kier alpha value is -0.260. The largest absolute Gasteiger partial charge is 0.383 e. The number of halogens is 1. The first-order chi connectivity index (χ1) is 9.70. The highest BCUT2D eigenvalue weighted by atomic mass is 35.5. The molecule has 2 rings (SSSR count). The Bertz CT molecular complexity index is 430. The van der Waals surface area contributed by atoms with E-state index in [9.17, 15) is 0 Å². The second-order valence-electron chi connectivity index (χ2n) is 4.96. The van der Waals surface area contributed by atoms with Crippen molar-refractivity contribution in [1.29, 1.82) is 0 Å². The molecule has 112 valence electrons. The van der Waals surface area contributed by atoms with E-state index in [4.69, 9.17) is 21.1 Å². The Kier molecular flexibility index (Phi) is 6.65. The van der Waals surface area contributed by atoms with Gasteiger partial charge in [0.2, 0.25) is 0 Å². The lowest BCUT2D eigenvalue weighted by molar-refractivity contribution is 0.127. The summed E-state index contributed by atoms with van der Waals surface area (Å²) < 4.78 is 10.6. The standard InChI is InChI=1S/C15H22ClNO2S/c1-11-14(5-7-19-11)20-15-4-3-12(9-13(15)16)10-17-6-8-18-2/h3-4,9,11,14,17H,5-8,10H2,1-2H3. The van der Waals surface area contributed by atoms with Crippen LogP contribution in [0, 0.1) is 0 Å². The van der Waals surface area contributed by atoms with E-state index in [1.807, 2.05) is 17.8 Å². The van der Waals surface area contributed by atoms with Crippen molar-refractivity contribution in [2.45, 2.75) is 36.1 Å². The number of rotatable bonds is 7. The monoisotopic (exact) mass is 315 g/mol. The van der Waals surface area contributed by atoms with E-state index in [1.54, 1.807) is 7.11 Å². The van der Waals surface area contributed by atoms with Crippen LogP contribution in [0.2, 0.25) is 5.02 Å². The third-order valence-electron chi connectivity index (χ3n) is 3.39. The van der Waals surface area contributed by atoms with Gasteiger partial charge in [0.15, 0.2) is 0 Å². The topological polar surface area (TPSA) is 30.5 Å². The van der Waals surface area contributed by atoms with Gasteiger partial charge >= 0.3 is 0 Å². The fourth-order valence-corrected chi connectivity index (χ4v) is 3.65. The number of ether oxygens (including phenoxy) is 2. The van der Waals surface area contributed by atoms with E-state index in [-0.39, 0.29) is 0 Å². The Morgan fingerprint density at radius 2 is 2.35 bits per heavy atom. The Balaban J connectivity index is 1.88. The molecule has 3 nitrogen and oxygen atoms in total. The van der Waals surface area contributed by atoms with E-state index in [0.717, 1.165) is 42.6 Å². The molecule has 0 spiro atoms. The van der Waals surface area contributed by atoms with Crippen molar-refractivity contribution in [1.82, 2.24) is 5.32 Å². The molecule has 0 bridgehead atoms. The van der Waals surface area contributed by atoms with Gasteiger partial charge < -0.3 is 14.8 Å². The molecule has 0 aromatic heterocycles. The molecule has 5 heteroatoms. The normalized spacial score (nSPS) is 22.4. The van der Waals surface area contributed by atoms with Crippen LogP contribution in [0.25, 0.3) is 0 Å². The second kappa shape index (κ2) is 8.25. The maximum Gasteiger partial charge on any atom is 0.0669 e. The fourth-order valence-electron chi connectivity index (χ4n) is 2.19. The van der Waals surface area contributed by atoms with Crippen molar-refractivity contribution in [2.24, 2.45) is 0 Å². The third-order valence-corrected chi connectivity index (χ3v) is 5.35. The van der Waals surface area contributed by atoms with Crippen LogP contribution in [0.5, 0.6) is 0 Å². The van der Waals surface area contributed by atoms with Crippen LogP contribution < -0.4 is 5.32 Å². The molecule has 20 heavy (non-hydrogen) atoms. The molecule has 1 heterocycles. The molecule has 2 unspecified atom stereocenters. The van der Waals surface area contributed by atoms with Crippen LogP contribution in [0.1, 0.15) is 18.9 Å². The molecule has 1 fully saturated rings. The smallest absolute Gasteiger partial charge is 0.0669 e. The van der Waals surface area contributed by atoms with Gasteiger partial charge in [0.1, 0.15) is 0 Å². The number of nitrogens with one attached hydrogen (secondary N) is 1. The van der Waals surface area contributed by atoms with Gasteiger partial charge in [0.05, 0.1) is 17.7 Å². The summed E-state index contributed by atoms with van der Waals surface area (Å²) in [6.07, 6.45) is 1.41. The van der Waals surface area contributed by atoms with Gasteiger partial charge in [-0.15, -0.1) is 11.8 Å². The van der Waals surface area contributed by atoms with E-state index < -0.39 is 0 Å². The van der Waals surface area contributed by atoms with Crippen LogP contribution >= 0.6 is 23.4 Å². The molecular formula is C15H22ClNO2S. The maximum atomic E-state index is 6.38. The summed E-state index contributed by atoms with van der Waals surface area (Å²) in [4.78, 5) is 1.15. The Morgan fingerprint density at radius 1 is 1.50 bits per heavy atom. The zero-order valence-electron chi connectivity index (χ0n) is 12.0. The van der Waals surface area contributed by atoms with Crippen LogP contribution in [-0.2, 0) is 16.0 Å². The molecule has 0 saturated carbocycles. The third kappa shape index (κ3) is 4.64. The SMILES string of the molecule is COCCNCc1ccc(SC2CCOC2C)c(Cl)c1. The predicted molar refractivity (Wildman–Crippen MR) is 84.7 cm³/mol. The van der Waals surface area contributed by atoms with Gasteiger partial charge in [-0.3, -0.25) is 0 Å². The Morgan fingerprint density at radius 3 is 3.00 bits per heavy atom. The van der Waals surface area contributed by atoms with Crippen molar-refractivity contribution in [3.63, 3.8) is 0 Å². The van der Waals surface area contributed by atoms with E-state index >= 15 is 0 Å². The van der Waals surface area contributed by atoms with E-state index in [0.29, 0.717) is 11.4 Å². The summed E-state index contributed by atoms with van der Waals surface area (Å²) in [5.74, 6) is 0. The summed E-state index contributed by atoms with van der Waals surface area (Å²) in [7, 11) is 1.71. The van der Waals surface area contributed by atoms with Crippen LogP contribution in [0.15, 0.2) is 23.1 Å². The molecule has 1 aliphatic rings. The quantitative estimate of drug-likeness (QED) is 0.782. The molecule has 0 amide bonds. The van der Waals surface area contributed by atoms with Crippen molar-refractivity contribution < 1.29 is 9.47 Å². The minimum atomic E-state index is 0.312. The fraction of sp³-hybridized carbons (Fsp3) is 0.600. The molecule has 0 aliphatic carbocycles. The van der Waals surface area contributed by atoms with Gasteiger partial charge in [-0.2, -0.15) is 0 Å². The van der Waals surface area contributed by atoms with Crippen LogP contribution in [0.3, 0.4) is 0 Å². The van der Waals surface area contributed by atoms with E-state index in [1.165, 1.54) is 5.56 Å². The lowest BCUT2D eigenvalue weighted by Gasteiger charge is -2.15. The zero-order valence-corrected chi connectivity index (χ0v) is 13.6. The van der Waals surface area contributed by atoms with Gasteiger partial charge in [-0.25, -0.2) is 0 Å². The highest BCUT2D eigenvalue weighted by Crippen LogP contribution is 2.36. The van der Waals surface area contributed by atoms with Gasteiger partial charge in [0.25, 0.3) is 0 Å². The van der Waals surface area contributed by atoms with Crippen molar-refractivity contribution in [3.8, 4) is 0 Å². The average molecular weight is 316 g/mol. The number of thioether (sulfide) groups is 1. The van der Waals surface area contributed by atoms with Gasteiger partial charge in [0, 0.05) is 37.0 Å². The molecular weight excluding hydrogens is 294 g/mol. The zero-order chi connectivity index (χ0) is 14.4. The number of methoxy groups -OCH3 is 1. The summed E-state index contributed by atoms with van der Waals surface area (Å²) >= 11 is 8.21. The first-order valence-electron chi connectivity index (χ1n) is 6.97. The Labute approximate surface area is 130 Å².